The normalized spacial score (nSPS) is 9.91. The quantitative estimate of drug-likeness (QED) is 0.514. The molecule has 3 aromatic rings. The van der Waals surface area contributed by atoms with Crippen LogP contribution in [0.2, 0.25) is 0 Å². The lowest BCUT2D eigenvalue weighted by molar-refractivity contribution is -0.137. The smallest absolute Gasteiger partial charge is 0.413 e. The summed E-state index contributed by atoms with van der Waals surface area (Å²) in [5, 5.41) is 17.6. The van der Waals surface area contributed by atoms with E-state index in [0.717, 1.165) is 11.1 Å². The van der Waals surface area contributed by atoms with Crippen molar-refractivity contribution in [1.82, 2.24) is 15.1 Å². The molecule has 0 fully saturated rings. The van der Waals surface area contributed by atoms with Gasteiger partial charge in [0, 0.05) is 24.1 Å². The zero-order valence-corrected chi connectivity index (χ0v) is 17.2. The summed E-state index contributed by atoms with van der Waals surface area (Å²) in [6, 6.07) is 16.3. The van der Waals surface area contributed by atoms with Crippen molar-refractivity contribution in [1.29, 1.82) is 0 Å². The molecule has 0 aliphatic carbocycles. The second-order valence-corrected chi connectivity index (χ2v) is 6.62. The molecule has 2 amide bonds. The maximum atomic E-state index is 12.3. The molecule has 9 heteroatoms. The molecule has 0 atom stereocenters. The van der Waals surface area contributed by atoms with Crippen LogP contribution in [0.4, 0.5) is 10.6 Å². The number of aliphatic carboxylic acids is 1. The number of aromatic nitrogens is 2. The van der Waals surface area contributed by atoms with Crippen LogP contribution in [-0.2, 0) is 28.0 Å². The Hall–Kier alpha value is -4.58. The predicted octanol–water partition coefficient (Wildman–Crippen LogP) is 2.39. The third-order valence-electron chi connectivity index (χ3n) is 4.29. The minimum atomic E-state index is -1.14. The average Bonchev–Trinajstić information content (AvgIpc) is 3.16. The minimum absolute atomic E-state index is 0.146. The third-order valence-corrected chi connectivity index (χ3v) is 4.29. The summed E-state index contributed by atoms with van der Waals surface area (Å²) >= 11 is 0. The highest BCUT2D eigenvalue weighted by Crippen LogP contribution is 2.27. The third kappa shape index (κ3) is 6.21. The van der Waals surface area contributed by atoms with Crippen molar-refractivity contribution in [3.63, 3.8) is 0 Å². The van der Waals surface area contributed by atoms with Crippen LogP contribution >= 0.6 is 0 Å². The van der Waals surface area contributed by atoms with Gasteiger partial charge in [-0.2, -0.15) is 5.10 Å². The van der Waals surface area contributed by atoms with Crippen LogP contribution in [0.1, 0.15) is 11.1 Å². The second-order valence-electron chi connectivity index (χ2n) is 6.62. The first-order chi connectivity index (χ1) is 15.4. The van der Waals surface area contributed by atoms with Crippen molar-refractivity contribution in [2.45, 2.75) is 6.61 Å². The fourth-order valence-corrected chi connectivity index (χ4v) is 2.72. The van der Waals surface area contributed by atoms with Crippen molar-refractivity contribution in [2.75, 3.05) is 11.9 Å². The van der Waals surface area contributed by atoms with Crippen molar-refractivity contribution in [3.8, 4) is 23.0 Å². The molecule has 9 nitrogen and oxygen atoms in total. The molecule has 1 aromatic heterocycles. The number of rotatable bonds is 6. The molecule has 162 valence electrons. The maximum Gasteiger partial charge on any atom is 0.413 e. The van der Waals surface area contributed by atoms with Crippen molar-refractivity contribution in [3.05, 3.63) is 71.9 Å². The molecule has 0 spiro atoms. The van der Waals surface area contributed by atoms with Gasteiger partial charge in [-0.3, -0.25) is 19.6 Å². The average molecular weight is 432 g/mol. The number of benzene rings is 2. The highest BCUT2D eigenvalue weighted by Gasteiger charge is 2.14. The van der Waals surface area contributed by atoms with E-state index in [1.54, 1.807) is 37.5 Å². The molecule has 0 saturated heterocycles. The maximum absolute atomic E-state index is 12.3. The van der Waals surface area contributed by atoms with Gasteiger partial charge in [-0.1, -0.05) is 48.4 Å². The number of hydrogen-bond donors (Lipinski definition) is 3. The van der Waals surface area contributed by atoms with Crippen molar-refractivity contribution < 1.29 is 24.2 Å². The zero-order valence-electron chi connectivity index (χ0n) is 17.2. The molecular formula is C23H20N4O5. The summed E-state index contributed by atoms with van der Waals surface area (Å²) in [5.41, 5.74) is 2.90. The van der Waals surface area contributed by atoms with E-state index >= 15 is 0 Å². The number of carbonyl (C=O) groups excluding carboxylic acids is 2. The summed E-state index contributed by atoms with van der Waals surface area (Å²) < 4.78 is 6.80. The first-order valence-corrected chi connectivity index (χ1v) is 9.54. The Labute approximate surface area is 184 Å². The lowest BCUT2D eigenvalue weighted by Crippen LogP contribution is -2.27. The number of carbonyl (C=O) groups is 3. The lowest BCUT2D eigenvalue weighted by atomic mass is 10.1. The molecular weight excluding hydrogens is 412 g/mol. The Balaban J connectivity index is 1.65. The standard InChI is InChI=1S/C23H20N4O5/c1-27-22(26-23(31)32-15-17-5-3-2-4-6-17)19(13-25-27)18-10-7-16(8-11-18)9-12-20(28)24-14-21(29)30/h2-8,10-11,13H,14-15H2,1H3,(H,24,28)(H,26,31)(H,29,30). The first-order valence-electron chi connectivity index (χ1n) is 9.54. The Kier molecular flexibility index (Phi) is 7.22. The molecule has 0 bridgehead atoms. The first kappa shape index (κ1) is 22.1. The van der Waals surface area contributed by atoms with Gasteiger partial charge in [0.15, 0.2) is 0 Å². The summed E-state index contributed by atoms with van der Waals surface area (Å²) in [4.78, 5) is 34.2. The van der Waals surface area contributed by atoms with E-state index in [1.165, 1.54) is 4.68 Å². The van der Waals surface area contributed by atoms with Gasteiger partial charge in [0.1, 0.15) is 19.0 Å². The summed E-state index contributed by atoms with van der Waals surface area (Å²) in [6.45, 7) is -0.343. The van der Waals surface area contributed by atoms with Gasteiger partial charge in [-0.15, -0.1) is 0 Å². The van der Waals surface area contributed by atoms with Gasteiger partial charge in [0.2, 0.25) is 0 Å². The molecule has 32 heavy (non-hydrogen) atoms. The van der Waals surface area contributed by atoms with Gasteiger partial charge in [-0.05, 0) is 23.3 Å². The number of hydrogen-bond acceptors (Lipinski definition) is 5. The van der Waals surface area contributed by atoms with Crippen molar-refractivity contribution in [2.24, 2.45) is 7.05 Å². The SMILES string of the molecule is Cn1ncc(-c2ccc(C#CC(=O)NCC(=O)O)cc2)c1NC(=O)OCc1ccccc1. The lowest BCUT2D eigenvalue weighted by Gasteiger charge is -2.10. The van der Waals surface area contributed by atoms with Gasteiger partial charge in [0.05, 0.1) is 6.20 Å². The van der Waals surface area contributed by atoms with E-state index in [-0.39, 0.29) is 6.61 Å². The number of aryl methyl sites for hydroxylation is 1. The molecule has 0 saturated carbocycles. The van der Waals surface area contributed by atoms with Crippen LogP contribution in [0.15, 0.2) is 60.8 Å². The Morgan fingerprint density at radius 2 is 1.81 bits per heavy atom. The van der Waals surface area contributed by atoms with Crippen LogP contribution < -0.4 is 10.6 Å². The van der Waals surface area contributed by atoms with E-state index in [4.69, 9.17) is 9.84 Å². The van der Waals surface area contributed by atoms with Gasteiger partial charge < -0.3 is 15.2 Å². The van der Waals surface area contributed by atoms with Gasteiger partial charge >= 0.3 is 12.1 Å². The zero-order chi connectivity index (χ0) is 22.9. The van der Waals surface area contributed by atoms with E-state index < -0.39 is 24.5 Å². The van der Waals surface area contributed by atoms with Gasteiger partial charge in [-0.25, -0.2) is 4.79 Å². The van der Waals surface area contributed by atoms with Crippen LogP contribution in [0, 0.1) is 11.8 Å². The Bertz CT molecular complexity index is 1170. The monoisotopic (exact) mass is 432 g/mol. The molecule has 2 aromatic carbocycles. The molecule has 0 aliphatic rings. The van der Waals surface area contributed by atoms with Crippen molar-refractivity contribution >= 4 is 23.8 Å². The minimum Gasteiger partial charge on any atom is -0.480 e. The Morgan fingerprint density at radius 1 is 1.09 bits per heavy atom. The second kappa shape index (κ2) is 10.4. The molecule has 0 radical (unpaired) electrons. The number of ether oxygens (including phenoxy) is 1. The van der Waals surface area contributed by atoms with E-state index in [1.807, 2.05) is 30.3 Å². The molecule has 0 aliphatic heterocycles. The van der Waals surface area contributed by atoms with Crippen LogP contribution in [-0.4, -0.2) is 39.4 Å². The fourth-order valence-electron chi connectivity index (χ4n) is 2.72. The summed E-state index contributed by atoms with van der Waals surface area (Å²) in [7, 11) is 1.70. The number of nitrogens with one attached hydrogen (secondary N) is 2. The highest BCUT2D eigenvalue weighted by atomic mass is 16.5. The highest BCUT2D eigenvalue weighted by molar-refractivity contribution is 5.95. The Morgan fingerprint density at radius 3 is 2.50 bits per heavy atom. The van der Waals surface area contributed by atoms with E-state index in [9.17, 15) is 14.4 Å². The van der Waals surface area contributed by atoms with Gasteiger partial charge in [0.25, 0.3) is 5.91 Å². The summed E-state index contributed by atoms with van der Waals surface area (Å²) in [6.07, 6.45) is 1.01. The van der Waals surface area contributed by atoms with Crippen LogP contribution in [0.3, 0.4) is 0 Å². The molecule has 1 heterocycles. The molecule has 0 unspecified atom stereocenters. The number of nitrogens with zero attached hydrogens (tertiary/aromatic N) is 2. The predicted molar refractivity (Wildman–Crippen MR) is 116 cm³/mol. The number of carboxylic acid groups (broad SMARTS) is 1. The molecule has 3 rings (SSSR count). The number of anilines is 1. The van der Waals surface area contributed by atoms with Crippen LogP contribution in [0.25, 0.3) is 11.1 Å². The van der Waals surface area contributed by atoms with Crippen LogP contribution in [0.5, 0.6) is 0 Å². The summed E-state index contributed by atoms with van der Waals surface area (Å²) in [5.74, 6) is 3.64. The number of carboxylic acids is 1. The van der Waals surface area contributed by atoms with E-state index in [0.29, 0.717) is 16.9 Å². The molecule has 3 N–H and O–H groups in total. The van der Waals surface area contributed by atoms with E-state index in [2.05, 4.69) is 27.6 Å². The number of amides is 2. The topological polar surface area (TPSA) is 123 Å². The fraction of sp³-hybridized carbons (Fsp3) is 0.130. The largest absolute Gasteiger partial charge is 0.480 e.